The number of benzene rings is 2. The summed E-state index contributed by atoms with van der Waals surface area (Å²) >= 11 is 6.18. The second kappa shape index (κ2) is 13.5. The molecule has 216 valence electrons. The van der Waals surface area contributed by atoms with Crippen LogP contribution in [0, 0.1) is 18.8 Å². The van der Waals surface area contributed by atoms with Crippen LogP contribution >= 0.6 is 11.6 Å². The molecule has 0 bridgehead atoms. The third-order valence-electron chi connectivity index (χ3n) is 8.25. The van der Waals surface area contributed by atoms with Crippen LogP contribution in [0.5, 0.6) is 5.75 Å². The molecule has 1 saturated heterocycles. The Morgan fingerprint density at radius 3 is 2.40 bits per heavy atom. The highest BCUT2D eigenvalue weighted by Gasteiger charge is 2.34. The molecule has 40 heavy (non-hydrogen) atoms. The van der Waals surface area contributed by atoms with Crippen LogP contribution in [0.2, 0.25) is 5.02 Å². The van der Waals surface area contributed by atoms with E-state index < -0.39 is 5.97 Å². The molecule has 2 aliphatic rings. The molecule has 1 saturated carbocycles. The first-order valence-corrected chi connectivity index (χ1v) is 14.6. The van der Waals surface area contributed by atoms with Crippen LogP contribution in [0.1, 0.15) is 61.8 Å². The van der Waals surface area contributed by atoms with E-state index in [1.165, 1.54) is 20.9 Å². The number of carbonyl (C=O) groups excluding carboxylic acids is 2. The summed E-state index contributed by atoms with van der Waals surface area (Å²) in [4.78, 5) is 40.8. The first kappa shape index (κ1) is 29.9. The predicted octanol–water partition coefficient (Wildman–Crippen LogP) is 5.63. The van der Waals surface area contributed by atoms with Gasteiger partial charge in [-0.3, -0.25) is 19.4 Å². The molecule has 1 atom stereocenters. The number of aromatic hydroxyl groups is 1. The molecule has 1 aliphatic carbocycles. The molecule has 0 aromatic heterocycles. The third kappa shape index (κ3) is 7.34. The Labute approximate surface area is 241 Å². The molecule has 2 aromatic carbocycles. The lowest BCUT2D eigenvalue weighted by Crippen LogP contribution is -2.35. The van der Waals surface area contributed by atoms with Crippen molar-refractivity contribution in [2.75, 3.05) is 33.3 Å². The average Bonchev–Trinajstić information content (AvgIpc) is 3.17. The average molecular weight is 571 g/mol. The molecular formula is C31H41ClN3O5+. The largest absolute Gasteiger partial charge is 0.581 e. The van der Waals surface area contributed by atoms with E-state index in [1.54, 1.807) is 7.05 Å². The number of urea groups is 1. The third-order valence-corrected chi connectivity index (χ3v) is 8.51. The highest BCUT2D eigenvalue weighted by molar-refractivity contribution is 6.30. The number of aryl methyl sites for hydroxylation is 1. The van der Waals surface area contributed by atoms with Crippen LogP contribution in [-0.2, 0) is 16.1 Å². The second-order valence-electron chi connectivity index (χ2n) is 11.1. The Balaban J connectivity index is 1.44. The summed E-state index contributed by atoms with van der Waals surface area (Å²) in [7, 11) is 1.63. The quantitative estimate of drug-likeness (QED) is 0.264. The SMILES string of the molecule is CCC(c1ccc(Cl)cc1)N(Cc1ccc([OH+]CCN2C(=O)CN(C)C2=O)c(C)c1)CC1CCC(C(=O)O)CC1. The number of hydrogen-bond donors (Lipinski definition) is 1. The van der Waals surface area contributed by atoms with Gasteiger partial charge in [0.25, 0.3) is 11.7 Å². The fourth-order valence-electron chi connectivity index (χ4n) is 6.00. The zero-order chi connectivity index (χ0) is 28.8. The molecule has 0 radical (unpaired) electrons. The summed E-state index contributed by atoms with van der Waals surface area (Å²) in [6.45, 7) is 6.68. The van der Waals surface area contributed by atoms with E-state index in [4.69, 9.17) is 11.6 Å². The van der Waals surface area contributed by atoms with Gasteiger partial charge in [0.05, 0.1) is 5.92 Å². The Morgan fingerprint density at radius 2 is 1.82 bits per heavy atom. The normalized spacial score (nSPS) is 20.3. The van der Waals surface area contributed by atoms with E-state index in [1.807, 2.05) is 25.1 Å². The number of amides is 3. The topological polar surface area (TPSA) is 94.0 Å². The number of imide groups is 1. The molecule has 1 heterocycles. The molecule has 0 spiro atoms. The van der Waals surface area contributed by atoms with Crippen molar-refractivity contribution < 1.29 is 24.2 Å². The maximum Gasteiger partial charge on any atom is 0.327 e. The number of carboxylic acid groups (broad SMARTS) is 1. The van der Waals surface area contributed by atoms with Crippen LogP contribution in [0.3, 0.4) is 0 Å². The van der Waals surface area contributed by atoms with Crippen LogP contribution in [0.15, 0.2) is 42.5 Å². The molecule has 1 aliphatic heterocycles. The predicted molar refractivity (Wildman–Crippen MR) is 155 cm³/mol. The summed E-state index contributed by atoms with van der Waals surface area (Å²) in [6, 6.07) is 14.3. The maximum atomic E-state index is 12.1. The number of aliphatic hydroxyl groups is 1. The van der Waals surface area contributed by atoms with Gasteiger partial charge in [0.2, 0.25) is 0 Å². The minimum absolute atomic E-state index is 0.124. The lowest BCUT2D eigenvalue weighted by molar-refractivity contribution is -0.143. The maximum absolute atomic E-state index is 12.1. The first-order chi connectivity index (χ1) is 19.2. The molecule has 2 N–H and O–H groups in total. The van der Waals surface area contributed by atoms with E-state index in [0.717, 1.165) is 61.5 Å². The fraction of sp³-hybridized carbons (Fsp3) is 0.516. The number of nitrogens with zero attached hydrogens (tertiary/aromatic N) is 3. The number of halogens is 1. The van der Waals surface area contributed by atoms with Crippen LogP contribution in [-0.4, -0.2) is 75.7 Å². The second-order valence-corrected chi connectivity index (χ2v) is 11.6. The molecule has 3 amide bonds. The summed E-state index contributed by atoms with van der Waals surface area (Å²) in [5, 5.41) is 10.1. The highest BCUT2D eigenvalue weighted by atomic mass is 35.5. The highest BCUT2D eigenvalue weighted by Crippen LogP contribution is 2.34. The van der Waals surface area contributed by atoms with Crippen LogP contribution in [0.25, 0.3) is 0 Å². The van der Waals surface area contributed by atoms with Crippen molar-refractivity contribution in [2.24, 2.45) is 11.8 Å². The number of ether oxygens (including phenoxy) is 1. The molecular weight excluding hydrogens is 530 g/mol. The van der Waals surface area contributed by atoms with Crippen molar-refractivity contribution in [1.82, 2.24) is 14.7 Å². The van der Waals surface area contributed by atoms with Gasteiger partial charge in [-0.1, -0.05) is 30.7 Å². The minimum Gasteiger partial charge on any atom is -0.581 e. The van der Waals surface area contributed by atoms with Gasteiger partial charge in [0.1, 0.15) is 13.1 Å². The Kier molecular flexibility index (Phi) is 10.1. The number of likely N-dealkylation sites (N-methyl/N-ethyl adjacent to an activating group) is 1. The lowest BCUT2D eigenvalue weighted by atomic mass is 9.81. The number of rotatable bonds is 12. The van der Waals surface area contributed by atoms with Crippen LogP contribution < -0.4 is 0 Å². The number of hydrogen-bond acceptors (Lipinski definition) is 4. The molecule has 2 fully saturated rings. The summed E-state index contributed by atoms with van der Waals surface area (Å²) in [5.74, 6) is 0.249. The lowest BCUT2D eigenvalue weighted by Gasteiger charge is -2.36. The standard InChI is InChI=1S/C31H40ClN3O5/c1-4-27(24-10-12-26(32)13-11-24)34(18-22-5-8-25(9-6-22)30(37)38)19-23-7-14-28(21(2)17-23)40-16-15-35-29(36)20-33(3)31(35)39/h7,10-14,17,22,25,27H,4-6,8-9,15-16,18-20H2,1-3H3,(H,37,38)/p+1. The molecule has 1 unspecified atom stereocenters. The van der Waals surface area contributed by atoms with Gasteiger partial charge in [-0.2, -0.15) is 0 Å². The Morgan fingerprint density at radius 1 is 1.12 bits per heavy atom. The van der Waals surface area contributed by atoms with Gasteiger partial charge in [-0.25, -0.2) is 4.79 Å². The van der Waals surface area contributed by atoms with E-state index in [2.05, 4.69) is 40.8 Å². The van der Waals surface area contributed by atoms with E-state index in [-0.39, 0.29) is 37.0 Å². The van der Waals surface area contributed by atoms with Crippen molar-refractivity contribution in [1.29, 1.82) is 0 Å². The Hall–Kier alpha value is -3.10. The van der Waals surface area contributed by atoms with Gasteiger partial charge in [-0.15, -0.1) is 0 Å². The monoisotopic (exact) mass is 570 g/mol. The van der Waals surface area contributed by atoms with Gasteiger partial charge >= 0.3 is 12.0 Å². The zero-order valence-corrected chi connectivity index (χ0v) is 24.4. The van der Waals surface area contributed by atoms with Crippen molar-refractivity contribution in [3.63, 3.8) is 0 Å². The molecule has 2 aromatic rings. The van der Waals surface area contributed by atoms with Crippen molar-refractivity contribution >= 4 is 29.5 Å². The van der Waals surface area contributed by atoms with Gasteiger partial charge in [0.15, 0.2) is 6.61 Å². The smallest absolute Gasteiger partial charge is 0.327 e. The summed E-state index contributed by atoms with van der Waals surface area (Å²) in [6.07, 6.45) is 4.29. The molecule has 4 rings (SSSR count). The van der Waals surface area contributed by atoms with E-state index >= 15 is 0 Å². The van der Waals surface area contributed by atoms with Crippen molar-refractivity contribution in [3.8, 4) is 5.75 Å². The minimum atomic E-state index is -0.671. The molecule has 8 nitrogen and oxygen atoms in total. The number of carbonyl (C=O) groups is 3. The summed E-state index contributed by atoms with van der Waals surface area (Å²) in [5.41, 5.74) is 3.47. The first-order valence-electron chi connectivity index (χ1n) is 14.2. The fourth-order valence-corrected chi connectivity index (χ4v) is 6.13. The van der Waals surface area contributed by atoms with Crippen molar-refractivity contribution in [3.05, 3.63) is 64.2 Å². The summed E-state index contributed by atoms with van der Waals surface area (Å²) < 4.78 is 4.67. The zero-order valence-electron chi connectivity index (χ0n) is 23.7. The Bertz CT molecular complexity index is 1200. The number of aliphatic carboxylic acids is 1. The van der Waals surface area contributed by atoms with Crippen molar-refractivity contribution in [2.45, 2.75) is 58.5 Å². The number of carboxylic acids is 1. The molecule has 9 heteroatoms. The van der Waals surface area contributed by atoms with Gasteiger partial charge < -0.3 is 14.7 Å². The van der Waals surface area contributed by atoms with Crippen LogP contribution in [0.4, 0.5) is 4.79 Å². The van der Waals surface area contributed by atoms with E-state index in [9.17, 15) is 19.5 Å². The van der Waals surface area contributed by atoms with Gasteiger partial charge in [-0.05, 0) is 80.3 Å². The van der Waals surface area contributed by atoms with Gasteiger partial charge in [0, 0.05) is 42.8 Å². The van der Waals surface area contributed by atoms with E-state index in [0.29, 0.717) is 12.5 Å².